The summed E-state index contributed by atoms with van der Waals surface area (Å²) in [7, 11) is 0. The molecule has 3 N–H and O–H groups in total. The van der Waals surface area contributed by atoms with Gasteiger partial charge < -0.3 is 10.3 Å². The van der Waals surface area contributed by atoms with Crippen molar-refractivity contribution in [3.8, 4) is 0 Å². The largest absolute Gasteiger partial charge is 0.360 e. The molecule has 18 heavy (non-hydrogen) atoms. The summed E-state index contributed by atoms with van der Waals surface area (Å²) in [6.45, 7) is 0. The predicted octanol–water partition coefficient (Wildman–Crippen LogP) is 1.57. The number of urea groups is 1. The summed E-state index contributed by atoms with van der Waals surface area (Å²) in [5.74, 6) is -0.295. The molecule has 0 unspecified atom stereocenters. The second-order valence-corrected chi connectivity index (χ2v) is 4.60. The average Bonchev–Trinajstić information content (AvgIpc) is 2.86. The molecule has 2 heterocycles. The highest BCUT2D eigenvalue weighted by Gasteiger charge is 2.30. The van der Waals surface area contributed by atoms with Crippen LogP contribution in [0.3, 0.4) is 0 Å². The van der Waals surface area contributed by atoms with Gasteiger partial charge in [0.1, 0.15) is 6.04 Å². The summed E-state index contributed by atoms with van der Waals surface area (Å²) in [5.41, 5.74) is 1.80. The van der Waals surface area contributed by atoms with Crippen LogP contribution in [0.15, 0.2) is 24.4 Å². The van der Waals surface area contributed by atoms with Gasteiger partial charge in [-0.2, -0.15) is 0 Å². The lowest BCUT2D eigenvalue weighted by Gasteiger charge is -2.05. The van der Waals surface area contributed by atoms with Crippen LogP contribution in [-0.2, 0) is 11.2 Å². The maximum Gasteiger partial charge on any atom is 0.322 e. The Balaban J connectivity index is 1.94. The average molecular weight is 264 g/mol. The third-order valence-electron chi connectivity index (χ3n) is 3.03. The lowest BCUT2D eigenvalue weighted by atomic mass is 10.1. The number of carbonyl (C=O) groups excluding carboxylic acids is 2. The van der Waals surface area contributed by atoms with Crippen molar-refractivity contribution >= 4 is 34.4 Å². The van der Waals surface area contributed by atoms with Crippen LogP contribution in [0.5, 0.6) is 0 Å². The highest BCUT2D eigenvalue weighted by molar-refractivity contribution is 6.35. The number of aromatic amines is 1. The molecule has 3 rings (SSSR count). The molecule has 1 aromatic carbocycles. The Labute approximate surface area is 108 Å². The minimum Gasteiger partial charge on any atom is -0.360 e. The zero-order valence-corrected chi connectivity index (χ0v) is 10.0. The van der Waals surface area contributed by atoms with Crippen molar-refractivity contribution in [3.63, 3.8) is 0 Å². The molecule has 1 aliphatic heterocycles. The first-order valence-corrected chi connectivity index (χ1v) is 5.89. The molecular weight excluding hydrogens is 254 g/mol. The molecule has 1 atom stereocenters. The van der Waals surface area contributed by atoms with E-state index in [1.54, 1.807) is 6.07 Å². The fourth-order valence-corrected chi connectivity index (χ4v) is 2.40. The van der Waals surface area contributed by atoms with Gasteiger partial charge in [-0.1, -0.05) is 23.7 Å². The summed E-state index contributed by atoms with van der Waals surface area (Å²) in [6, 6.07) is 4.63. The topological polar surface area (TPSA) is 74.0 Å². The summed E-state index contributed by atoms with van der Waals surface area (Å²) in [5, 5.41) is 6.39. The van der Waals surface area contributed by atoms with Gasteiger partial charge in [0.15, 0.2) is 0 Å². The molecule has 5 nitrogen and oxygen atoms in total. The highest BCUT2D eigenvalue weighted by Crippen LogP contribution is 2.26. The number of amides is 3. The standard InChI is InChI=1S/C12H10ClN3O2/c13-8-3-1-2-7-6(5-14-10(7)8)4-9-11(17)16-12(18)15-9/h1-3,5,9,14H,4H2,(H2,15,16,17,18)/t9-/m0/s1. The first-order chi connectivity index (χ1) is 8.65. The molecule has 2 aromatic rings. The van der Waals surface area contributed by atoms with E-state index in [1.165, 1.54) is 0 Å². The van der Waals surface area contributed by atoms with Gasteiger partial charge in [-0.3, -0.25) is 10.1 Å². The summed E-state index contributed by atoms with van der Waals surface area (Å²) in [4.78, 5) is 25.6. The number of nitrogens with one attached hydrogen (secondary N) is 3. The van der Waals surface area contributed by atoms with Crippen LogP contribution >= 0.6 is 11.6 Å². The molecular formula is C12H10ClN3O2. The first-order valence-electron chi connectivity index (χ1n) is 5.51. The van der Waals surface area contributed by atoms with Gasteiger partial charge in [-0.15, -0.1) is 0 Å². The molecule has 0 bridgehead atoms. The quantitative estimate of drug-likeness (QED) is 0.720. The van der Waals surface area contributed by atoms with Crippen molar-refractivity contribution in [2.24, 2.45) is 0 Å². The van der Waals surface area contributed by atoms with Crippen molar-refractivity contribution in [1.82, 2.24) is 15.6 Å². The zero-order valence-electron chi connectivity index (χ0n) is 9.29. The lowest BCUT2D eigenvalue weighted by Crippen LogP contribution is -2.30. The molecule has 0 spiro atoms. The van der Waals surface area contributed by atoms with E-state index in [2.05, 4.69) is 15.6 Å². The van der Waals surface area contributed by atoms with E-state index in [0.29, 0.717) is 11.4 Å². The van der Waals surface area contributed by atoms with E-state index in [9.17, 15) is 9.59 Å². The molecule has 6 heteroatoms. The van der Waals surface area contributed by atoms with Crippen molar-refractivity contribution in [2.45, 2.75) is 12.5 Å². The molecule has 92 valence electrons. The van der Waals surface area contributed by atoms with E-state index in [-0.39, 0.29) is 5.91 Å². The van der Waals surface area contributed by atoms with Crippen LogP contribution in [0.4, 0.5) is 4.79 Å². The van der Waals surface area contributed by atoms with E-state index >= 15 is 0 Å². The number of fused-ring (bicyclic) bond motifs is 1. The number of halogens is 1. The number of hydrogen-bond acceptors (Lipinski definition) is 2. The van der Waals surface area contributed by atoms with E-state index < -0.39 is 12.1 Å². The van der Waals surface area contributed by atoms with Crippen LogP contribution < -0.4 is 10.6 Å². The molecule has 1 aromatic heterocycles. The number of imide groups is 1. The third kappa shape index (κ3) is 1.73. The normalized spacial score (nSPS) is 19.1. The van der Waals surface area contributed by atoms with Crippen LogP contribution in [0, 0.1) is 0 Å². The number of rotatable bonds is 2. The highest BCUT2D eigenvalue weighted by atomic mass is 35.5. The van der Waals surface area contributed by atoms with Gasteiger partial charge in [0.05, 0.1) is 10.5 Å². The Bertz CT molecular complexity index is 650. The number of para-hydroxylation sites is 1. The molecule has 0 radical (unpaired) electrons. The van der Waals surface area contributed by atoms with Gasteiger partial charge >= 0.3 is 6.03 Å². The van der Waals surface area contributed by atoms with Crippen LogP contribution in [0.25, 0.3) is 10.9 Å². The smallest absolute Gasteiger partial charge is 0.322 e. The first kappa shape index (κ1) is 11.1. The van der Waals surface area contributed by atoms with E-state index in [1.807, 2.05) is 18.3 Å². The Hall–Kier alpha value is -2.01. The minimum absolute atomic E-state index is 0.295. The second kappa shape index (κ2) is 4.03. The maximum atomic E-state index is 11.5. The van der Waals surface area contributed by atoms with Crippen molar-refractivity contribution in [2.75, 3.05) is 0 Å². The molecule has 1 fully saturated rings. The van der Waals surface area contributed by atoms with Gasteiger partial charge in [0, 0.05) is 18.0 Å². The molecule has 1 aliphatic rings. The molecule has 1 saturated heterocycles. The maximum absolute atomic E-state index is 11.5. The van der Waals surface area contributed by atoms with Crippen molar-refractivity contribution in [1.29, 1.82) is 0 Å². The summed E-state index contributed by atoms with van der Waals surface area (Å²) >= 11 is 6.06. The van der Waals surface area contributed by atoms with Gasteiger partial charge in [-0.25, -0.2) is 4.79 Å². The Morgan fingerprint density at radius 1 is 1.28 bits per heavy atom. The van der Waals surface area contributed by atoms with Gasteiger partial charge in [-0.05, 0) is 11.6 Å². The van der Waals surface area contributed by atoms with E-state index in [0.717, 1.165) is 16.5 Å². The van der Waals surface area contributed by atoms with Crippen LogP contribution in [0.2, 0.25) is 5.02 Å². The van der Waals surface area contributed by atoms with Gasteiger partial charge in [0.2, 0.25) is 0 Å². The fourth-order valence-electron chi connectivity index (χ4n) is 2.17. The summed E-state index contributed by atoms with van der Waals surface area (Å²) < 4.78 is 0. The molecule has 0 aliphatic carbocycles. The third-order valence-corrected chi connectivity index (χ3v) is 3.35. The number of benzene rings is 1. The second-order valence-electron chi connectivity index (χ2n) is 4.20. The predicted molar refractivity (Wildman–Crippen MR) is 67.5 cm³/mol. The number of carbonyl (C=O) groups is 2. The van der Waals surface area contributed by atoms with Crippen LogP contribution in [0.1, 0.15) is 5.56 Å². The van der Waals surface area contributed by atoms with Crippen LogP contribution in [-0.4, -0.2) is 23.0 Å². The Kier molecular flexibility index (Phi) is 2.48. The van der Waals surface area contributed by atoms with Crippen molar-refractivity contribution in [3.05, 3.63) is 35.0 Å². The number of H-pyrrole nitrogens is 1. The van der Waals surface area contributed by atoms with E-state index in [4.69, 9.17) is 11.6 Å². The van der Waals surface area contributed by atoms with Crippen molar-refractivity contribution < 1.29 is 9.59 Å². The Morgan fingerprint density at radius 3 is 2.83 bits per heavy atom. The van der Waals surface area contributed by atoms with Gasteiger partial charge in [0.25, 0.3) is 5.91 Å². The number of aromatic nitrogens is 1. The lowest BCUT2D eigenvalue weighted by molar-refractivity contribution is -0.120. The zero-order chi connectivity index (χ0) is 12.7. The molecule has 3 amide bonds. The monoisotopic (exact) mass is 263 g/mol. The number of hydrogen-bond donors (Lipinski definition) is 3. The summed E-state index contributed by atoms with van der Waals surface area (Å²) in [6.07, 6.45) is 2.26. The minimum atomic E-state index is -0.518. The molecule has 0 saturated carbocycles. The SMILES string of the molecule is O=C1NC(=O)[C@H](Cc2c[nH]c3c(Cl)cccc23)N1. The Morgan fingerprint density at radius 2 is 2.11 bits per heavy atom. The fraction of sp³-hybridized carbons (Fsp3) is 0.167.